The van der Waals surface area contributed by atoms with Crippen LogP contribution in [0.1, 0.15) is 59.3 Å². The molecule has 0 rings (SSSR count). The molecule has 0 spiro atoms. The molecule has 0 amide bonds. The highest BCUT2D eigenvalue weighted by Gasteiger charge is 1.95. The Hall–Kier alpha value is -0.120. The number of rotatable bonds is 15. The lowest BCUT2D eigenvalue weighted by Gasteiger charge is -2.07. The van der Waals surface area contributed by atoms with Crippen LogP contribution in [0.4, 0.5) is 0 Å². The van der Waals surface area contributed by atoms with Crippen molar-refractivity contribution in [3.63, 3.8) is 0 Å². The lowest BCUT2D eigenvalue weighted by molar-refractivity contribution is 0.0474. The second kappa shape index (κ2) is 15.9. The maximum atomic E-state index is 5.54. The standard InChI is InChI=1S/C16H35NO2/c1-4-10-17-11-13-19-15-14-18-12-8-6-5-7-9-16(2)3/h16-17H,4-15H2,1-3H3. The van der Waals surface area contributed by atoms with E-state index in [1.165, 1.54) is 38.5 Å². The molecule has 3 nitrogen and oxygen atoms in total. The van der Waals surface area contributed by atoms with E-state index in [1.54, 1.807) is 0 Å². The third-order valence-electron chi connectivity index (χ3n) is 3.04. The van der Waals surface area contributed by atoms with Crippen LogP contribution in [0.5, 0.6) is 0 Å². The summed E-state index contributed by atoms with van der Waals surface area (Å²) in [5.74, 6) is 0.847. The molecule has 116 valence electrons. The van der Waals surface area contributed by atoms with Crippen molar-refractivity contribution < 1.29 is 9.47 Å². The maximum Gasteiger partial charge on any atom is 0.0701 e. The molecule has 0 aliphatic rings. The summed E-state index contributed by atoms with van der Waals surface area (Å²) in [6.45, 7) is 11.9. The van der Waals surface area contributed by atoms with Crippen LogP contribution in [0, 0.1) is 5.92 Å². The molecule has 1 N–H and O–H groups in total. The predicted octanol–water partition coefficient (Wildman–Crippen LogP) is 3.63. The Bertz CT molecular complexity index is 163. The van der Waals surface area contributed by atoms with Gasteiger partial charge in [0.15, 0.2) is 0 Å². The van der Waals surface area contributed by atoms with Crippen LogP contribution in [0.3, 0.4) is 0 Å². The fourth-order valence-corrected chi connectivity index (χ4v) is 1.88. The summed E-state index contributed by atoms with van der Waals surface area (Å²) in [5.41, 5.74) is 0. The van der Waals surface area contributed by atoms with Gasteiger partial charge in [-0.1, -0.05) is 46.5 Å². The minimum atomic E-state index is 0.723. The van der Waals surface area contributed by atoms with Gasteiger partial charge in [0, 0.05) is 13.2 Å². The van der Waals surface area contributed by atoms with Crippen LogP contribution in [0.25, 0.3) is 0 Å². The normalized spacial score (nSPS) is 11.4. The predicted molar refractivity (Wildman–Crippen MR) is 82.7 cm³/mol. The minimum absolute atomic E-state index is 0.723. The average molecular weight is 273 g/mol. The summed E-state index contributed by atoms with van der Waals surface area (Å²) in [6.07, 6.45) is 7.75. The smallest absolute Gasteiger partial charge is 0.0701 e. The zero-order valence-electron chi connectivity index (χ0n) is 13.4. The first-order valence-corrected chi connectivity index (χ1v) is 8.13. The third-order valence-corrected chi connectivity index (χ3v) is 3.04. The minimum Gasteiger partial charge on any atom is -0.379 e. The highest BCUT2D eigenvalue weighted by molar-refractivity contribution is 4.48. The van der Waals surface area contributed by atoms with E-state index in [1.807, 2.05) is 0 Å². The van der Waals surface area contributed by atoms with Crippen molar-refractivity contribution in [2.75, 3.05) is 39.5 Å². The van der Waals surface area contributed by atoms with E-state index in [0.717, 1.165) is 45.4 Å². The highest BCUT2D eigenvalue weighted by atomic mass is 16.5. The van der Waals surface area contributed by atoms with Gasteiger partial charge in [-0.3, -0.25) is 0 Å². The molecule has 0 aromatic heterocycles. The monoisotopic (exact) mass is 273 g/mol. The van der Waals surface area contributed by atoms with Gasteiger partial charge in [-0.2, -0.15) is 0 Å². The molecule has 0 saturated carbocycles. The Morgan fingerprint density at radius 3 is 2.16 bits per heavy atom. The van der Waals surface area contributed by atoms with Crippen molar-refractivity contribution in [3.8, 4) is 0 Å². The first-order valence-electron chi connectivity index (χ1n) is 8.13. The molecule has 0 aromatic rings. The van der Waals surface area contributed by atoms with Gasteiger partial charge in [0.25, 0.3) is 0 Å². The van der Waals surface area contributed by atoms with Crippen molar-refractivity contribution in [2.24, 2.45) is 5.92 Å². The Labute approximate surface area is 120 Å². The van der Waals surface area contributed by atoms with Gasteiger partial charge < -0.3 is 14.8 Å². The molecule has 3 heteroatoms. The number of hydrogen-bond donors (Lipinski definition) is 1. The zero-order valence-corrected chi connectivity index (χ0v) is 13.4. The SMILES string of the molecule is CCCNCCOCCOCCCCCCC(C)C. The van der Waals surface area contributed by atoms with Crippen LogP contribution in [0.2, 0.25) is 0 Å². The summed E-state index contributed by atoms with van der Waals surface area (Å²) in [5, 5.41) is 3.31. The molecular formula is C16H35NO2. The van der Waals surface area contributed by atoms with E-state index in [-0.39, 0.29) is 0 Å². The number of ether oxygens (including phenoxy) is 2. The van der Waals surface area contributed by atoms with Crippen LogP contribution < -0.4 is 5.32 Å². The van der Waals surface area contributed by atoms with E-state index in [2.05, 4.69) is 26.1 Å². The van der Waals surface area contributed by atoms with Crippen LogP contribution in [-0.2, 0) is 9.47 Å². The van der Waals surface area contributed by atoms with Gasteiger partial charge >= 0.3 is 0 Å². The summed E-state index contributed by atoms with van der Waals surface area (Å²) >= 11 is 0. The summed E-state index contributed by atoms with van der Waals surface area (Å²) in [6, 6.07) is 0. The Balaban J connectivity index is 2.91. The molecule has 0 aromatic carbocycles. The van der Waals surface area contributed by atoms with Crippen molar-refractivity contribution in [2.45, 2.75) is 59.3 Å². The number of nitrogens with one attached hydrogen (secondary N) is 1. The fourth-order valence-electron chi connectivity index (χ4n) is 1.88. The highest BCUT2D eigenvalue weighted by Crippen LogP contribution is 2.09. The van der Waals surface area contributed by atoms with E-state index in [0.29, 0.717) is 0 Å². The van der Waals surface area contributed by atoms with Crippen molar-refractivity contribution in [1.82, 2.24) is 5.32 Å². The van der Waals surface area contributed by atoms with E-state index in [9.17, 15) is 0 Å². The molecule has 0 radical (unpaired) electrons. The van der Waals surface area contributed by atoms with Gasteiger partial charge in [0.2, 0.25) is 0 Å². The maximum absolute atomic E-state index is 5.54. The van der Waals surface area contributed by atoms with Gasteiger partial charge in [-0.25, -0.2) is 0 Å². The Morgan fingerprint density at radius 1 is 0.789 bits per heavy atom. The third kappa shape index (κ3) is 17.9. The Kier molecular flexibility index (Phi) is 15.8. The van der Waals surface area contributed by atoms with Crippen molar-refractivity contribution >= 4 is 0 Å². The molecule has 0 fully saturated rings. The summed E-state index contributed by atoms with van der Waals surface area (Å²) in [4.78, 5) is 0. The number of hydrogen-bond acceptors (Lipinski definition) is 3. The van der Waals surface area contributed by atoms with Crippen molar-refractivity contribution in [3.05, 3.63) is 0 Å². The van der Waals surface area contributed by atoms with Crippen LogP contribution >= 0.6 is 0 Å². The molecule has 0 aliphatic heterocycles. The van der Waals surface area contributed by atoms with Gasteiger partial charge in [0.1, 0.15) is 0 Å². The lowest BCUT2D eigenvalue weighted by atomic mass is 10.0. The fraction of sp³-hybridized carbons (Fsp3) is 1.00. The van der Waals surface area contributed by atoms with Crippen molar-refractivity contribution in [1.29, 1.82) is 0 Å². The first kappa shape index (κ1) is 18.9. The first-order chi connectivity index (χ1) is 9.27. The quantitative estimate of drug-likeness (QED) is 0.462. The van der Waals surface area contributed by atoms with E-state index >= 15 is 0 Å². The molecule has 0 saturated heterocycles. The zero-order chi connectivity index (χ0) is 14.2. The van der Waals surface area contributed by atoms with E-state index in [4.69, 9.17) is 9.47 Å². The van der Waals surface area contributed by atoms with Crippen LogP contribution in [0.15, 0.2) is 0 Å². The lowest BCUT2D eigenvalue weighted by Crippen LogP contribution is -2.21. The molecular weight excluding hydrogens is 238 g/mol. The second-order valence-electron chi connectivity index (χ2n) is 5.57. The molecule has 19 heavy (non-hydrogen) atoms. The van der Waals surface area contributed by atoms with Gasteiger partial charge in [0.05, 0.1) is 19.8 Å². The average Bonchev–Trinajstić information content (AvgIpc) is 2.39. The topological polar surface area (TPSA) is 30.5 Å². The van der Waals surface area contributed by atoms with E-state index < -0.39 is 0 Å². The summed E-state index contributed by atoms with van der Waals surface area (Å²) < 4.78 is 11.0. The molecule has 0 unspecified atom stereocenters. The largest absolute Gasteiger partial charge is 0.379 e. The molecule has 0 bridgehead atoms. The molecule has 0 heterocycles. The molecule has 0 aliphatic carbocycles. The van der Waals surface area contributed by atoms with Gasteiger partial charge in [-0.15, -0.1) is 0 Å². The number of unbranched alkanes of at least 4 members (excludes halogenated alkanes) is 3. The molecule has 0 atom stereocenters. The summed E-state index contributed by atoms with van der Waals surface area (Å²) in [7, 11) is 0. The van der Waals surface area contributed by atoms with Crippen LogP contribution in [-0.4, -0.2) is 39.5 Å². The second-order valence-corrected chi connectivity index (χ2v) is 5.57. The Morgan fingerprint density at radius 2 is 1.47 bits per heavy atom. The van der Waals surface area contributed by atoms with Gasteiger partial charge in [-0.05, 0) is 25.3 Å².